The largest absolute Gasteiger partial charge is 0.433 e. The van der Waals surface area contributed by atoms with E-state index in [1.807, 2.05) is 30.3 Å². The maximum absolute atomic E-state index is 13.3. The third-order valence-corrected chi connectivity index (χ3v) is 4.09. The number of alkyl halides is 3. The molecule has 146 valence electrons. The quantitative estimate of drug-likeness (QED) is 0.543. The van der Waals surface area contributed by atoms with Crippen molar-refractivity contribution in [2.75, 3.05) is 5.32 Å². The Kier molecular flexibility index (Phi) is 4.94. The van der Waals surface area contributed by atoms with Gasteiger partial charge >= 0.3 is 6.18 Å². The summed E-state index contributed by atoms with van der Waals surface area (Å²) in [6.07, 6.45) is 1.82. The molecule has 0 saturated heterocycles. The molecule has 4 aromatic rings. The van der Waals surface area contributed by atoms with E-state index in [9.17, 15) is 13.2 Å². The van der Waals surface area contributed by atoms with Gasteiger partial charge in [0, 0.05) is 42.3 Å². The molecule has 0 radical (unpaired) electrons. The van der Waals surface area contributed by atoms with Crippen LogP contribution in [0.2, 0.25) is 0 Å². The van der Waals surface area contributed by atoms with E-state index in [0.717, 1.165) is 17.3 Å². The van der Waals surface area contributed by atoms with Gasteiger partial charge in [-0.05, 0) is 24.3 Å². The van der Waals surface area contributed by atoms with Gasteiger partial charge in [0.15, 0.2) is 11.5 Å². The fraction of sp³-hybridized carbons (Fsp3) is 0.100. The third kappa shape index (κ3) is 4.40. The van der Waals surface area contributed by atoms with E-state index in [0.29, 0.717) is 5.56 Å². The van der Waals surface area contributed by atoms with Crippen molar-refractivity contribution in [1.29, 1.82) is 0 Å². The molecular formula is C20H15F3N6. The Balaban J connectivity index is 1.58. The van der Waals surface area contributed by atoms with Crippen molar-refractivity contribution in [3.8, 4) is 17.1 Å². The van der Waals surface area contributed by atoms with Crippen LogP contribution in [0, 0.1) is 0 Å². The van der Waals surface area contributed by atoms with Crippen LogP contribution in [0.5, 0.6) is 0 Å². The van der Waals surface area contributed by atoms with Crippen molar-refractivity contribution in [3.63, 3.8) is 0 Å². The molecule has 1 aromatic carbocycles. The van der Waals surface area contributed by atoms with Gasteiger partial charge in [0.1, 0.15) is 5.82 Å². The van der Waals surface area contributed by atoms with E-state index >= 15 is 0 Å². The molecule has 0 aliphatic rings. The summed E-state index contributed by atoms with van der Waals surface area (Å²) in [4.78, 5) is 11.7. The third-order valence-electron chi connectivity index (χ3n) is 4.09. The van der Waals surface area contributed by atoms with E-state index in [4.69, 9.17) is 0 Å². The molecule has 29 heavy (non-hydrogen) atoms. The average Bonchev–Trinajstić information content (AvgIpc) is 3.22. The summed E-state index contributed by atoms with van der Waals surface area (Å²) in [7, 11) is 0. The molecule has 0 aliphatic carbocycles. The number of hydrogen-bond acceptors (Lipinski definition) is 5. The number of pyridine rings is 1. The zero-order chi connectivity index (χ0) is 20.3. The maximum Gasteiger partial charge on any atom is 0.433 e. The van der Waals surface area contributed by atoms with Crippen LogP contribution in [0.3, 0.4) is 0 Å². The lowest BCUT2D eigenvalue weighted by molar-refractivity contribution is -0.141. The highest BCUT2D eigenvalue weighted by Gasteiger charge is 2.33. The first-order valence-electron chi connectivity index (χ1n) is 8.68. The summed E-state index contributed by atoms with van der Waals surface area (Å²) in [5.74, 6) is 0.0521. The molecule has 0 aliphatic heterocycles. The van der Waals surface area contributed by atoms with Crippen molar-refractivity contribution < 1.29 is 13.2 Å². The lowest BCUT2D eigenvalue weighted by Gasteiger charge is -2.11. The summed E-state index contributed by atoms with van der Waals surface area (Å²) in [5.41, 5.74) is 1.12. The predicted molar refractivity (Wildman–Crippen MR) is 101 cm³/mol. The van der Waals surface area contributed by atoms with Gasteiger partial charge < -0.3 is 5.32 Å². The minimum atomic E-state index is -4.58. The van der Waals surface area contributed by atoms with E-state index in [1.54, 1.807) is 29.2 Å². The second kappa shape index (κ2) is 7.70. The highest BCUT2D eigenvalue weighted by molar-refractivity contribution is 5.57. The van der Waals surface area contributed by atoms with Crippen molar-refractivity contribution >= 4 is 5.82 Å². The molecule has 3 heterocycles. The number of anilines is 1. The normalized spacial score (nSPS) is 11.4. The average molecular weight is 396 g/mol. The van der Waals surface area contributed by atoms with Gasteiger partial charge in [-0.1, -0.05) is 18.2 Å². The molecule has 4 rings (SSSR count). The first-order chi connectivity index (χ1) is 14.0. The number of hydrogen-bond donors (Lipinski definition) is 1. The van der Waals surface area contributed by atoms with Crippen molar-refractivity contribution in [2.24, 2.45) is 0 Å². The molecule has 0 unspecified atom stereocenters. The molecule has 0 spiro atoms. The summed E-state index contributed by atoms with van der Waals surface area (Å²) >= 11 is 0. The van der Waals surface area contributed by atoms with Crippen molar-refractivity contribution in [2.45, 2.75) is 12.7 Å². The first-order valence-corrected chi connectivity index (χ1v) is 8.68. The number of rotatable bonds is 5. The van der Waals surface area contributed by atoms with Crippen LogP contribution in [0.1, 0.15) is 11.3 Å². The van der Waals surface area contributed by atoms with E-state index in [-0.39, 0.29) is 18.2 Å². The minimum absolute atomic E-state index is 0.0234. The number of nitrogens with zero attached hydrogens (tertiary/aromatic N) is 5. The summed E-state index contributed by atoms with van der Waals surface area (Å²) < 4.78 is 41.5. The van der Waals surface area contributed by atoms with Crippen LogP contribution in [0.4, 0.5) is 19.0 Å². The van der Waals surface area contributed by atoms with E-state index in [1.165, 1.54) is 12.4 Å². The number of benzene rings is 1. The molecule has 1 N–H and O–H groups in total. The lowest BCUT2D eigenvalue weighted by atomic mass is 10.2. The Morgan fingerprint density at radius 3 is 2.45 bits per heavy atom. The van der Waals surface area contributed by atoms with Gasteiger partial charge in [-0.2, -0.15) is 18.3 Å². The number of para-hydroxylation sites is 1. The molecule has 6 nitrogen and oxygen atoms in total. The van der Waals surface area contributed by atoms with Crippen LogP contribution in [0.15, 0.2) is 73.3 Å². The minimum Gasteiger partial charge on any atom is -0.366 e. The maximum atomic E-state index is 13.3. The Morgan fingerprint density at radius 2 is 1.72 bits per heavy atom. The van der Waals surface area contributed by atoms with Crippen LogP contribution >= 0.6 is 0 Å². The Bertz CT molecular complexity index is 1090. The van der Waals surface area contributed by atoms with E-state index in [2.05, 4.69) is 25.4 Å². The van der Waals surface area contributed by atoms with Crippen LogP contribution in [-0.2, 0) is 12.7 Å². The SMILES string of the molecule is FC(F)(F)c1cc(NCc2cnn(-c3ccccc3)c2)nc(-c2ccncc2)n1. The zero-order valence-electron chi connectivity index (χ0n) is 15.0. The molecule has 0 fully saturated rings. The van der Waals surface area contributed by atoms with Gasteiger partial charge in [0.05, 0.1) is 11.9 Å². The van der Waals surface area contributed by atoms with E-state index < -0.39 is 11.9 Å². The topological polar surface area (TPSA) is 68.5 Å². The van der Waals surface area contributed by atoms with Gasteiger partial charge in [-0.25, -0.2) is 14.6 Å². The second-order valence-corrected chi connectivity index (χ2v) is 6.18. The van der Waals surface area contributed by atoms with Gasteiger partial charge in [-0.15, -0.1) is 0 Å². The second-order valence-electron chi connectivity index (χ2n) is 6.18. The van der Waals surface area contributed by atoms with Gasteiger partial charge in [0.2, 0.25) is 0 Å². The first kappa shape index (κ1) is 18.6. The highest BCUT2D eigenvalue weighted by Crippen LogP contribution is 2.30. The monoisotopic (exact) mass is 396 g/mol. The van der Waals surface area contributed by atoms with Crippen molar-refractivity contribution in [3.05, 3.63) is 84.6 Å². The number of aromatic nitrogens is 5. The van der Waals surface area contributed by atoms with Crippen molar-refractivity contribution in [1.82, 2.24) is 24.7 Å². The predicted octanol–water partition coefficient (Wildman–Crippen LogP) is 4.36. The number of nitrogens with one attached hydrogen (secondary N) is 1. The Hall–Kier alpha value is -3.75. The molecule has 0 bridgehead atoms. The van der Waals surface area contributed by atoms with Crippen LogP contribution in [0.25, 0.3) is 17.1 Å². The molecule has 0 amide bonds. The summed E-state index contributed by atoms with van der Waals surface area (Å²) in [6.45, 7) is 0.261. The highest BCUT2D eigenvalue weighted by atomic mass is 19.4. The Morgan fingerprint density at radius 1 is 0.966 bits per heavy atom. The fourth-order valence-corrected chi connectivity index (χ4v) is 2.68. The molecule has 0 saturated carbocycles. The Labute approximate surface area is 164 Å². The standard InChI is InChI=1S/C20H15F3N6/c21-20(22,23)17-10-18(28-19(27-17)15-6-8-24-9-7-15)25-11-14-12-26-29(13-14)16-4-2-1-3-5-16/h1-10,12-13H,11H2,(H,25,27,28). The van der Waals surface area contributed by atoms with Crippen LogP contribution in [-0.4, -0.2) is 24.7 Å². The zero-order valence-corrected chi connectivity index (χ0v) is 15.0. The van der Waals surface area contributed by atoms with Gasteiger partial charge in [0.25, 0.3) is 0 Å². The fourth-order valence-electron chi connectivity index (χ4n) is 2.68. The molecule has 3 aromatic heterocycles. The molecule has 9 heteroatoms. The summed E-state index contributed by atoms with van der Waals surface area (Å²) in [6, 6.07) is 13.5. The summed E-state index contributed by atoms with van der Waals surface area (Å²) in [5, 5.41) is 7.21. The lowest BCUT2D eigenvalue weighted by Crippen LogP contribution is -2.12. The smallest absolute Gasteiger partial charge is 0.366 e. The molecular weight excluding hydrogens is 381 g/mol. The molecule has 0 atom stereocenters. The van der Waals surface area contributed by atoms with Gasteiger partial charge in [-0.3, -0.25) is 4.98 Å². The number of halogens is 3. The van der Waals surface area contributed by atoms with Crippen LogP contribution < -0.4 is 5.32 Å².